The number of nitrogens with zero attached hydrogens (tertiary/aromatic N) is 2. The molecular formula is C13H24N4O. The maximum Gasteiger partial charge on any atom is 0.315 e. The zero-order chi connectivity index (χ0) is 13.5. The summed E-state index contributed by atoms with van der Waals surface area (Å²) in [5.41, 5.74) is 2.12. The van der Waals surface area contributed by atoms with Crippen molar-refractivity contribution in [3.63, 3.8) is 0 Å². The van der Waals surface area contributed by atoms with Crippen molar-refractivity contribution in [3.05, 3.63) is 17.5 Å². The summed E-state index contributed by atoms with van der Waals surface area (Å²) >= 11 is 0. The van der Waals surface area contributed by atoms with Gasteiger partial charge in [-0.25, -0.2) is 4.79 Å². The van der Waals surface area contributed by atoms with Crippen molar-refractivity contribution >= 4 is 6.03 Å². The normalized spacial score (nSPS) is 12.2. The van der Waals surface area contributed by atoms with Crippen LogP contribution in [-0.2, 0) is 6.54 Å². The van der Waals surface area contributed by atoms with Gasteiger partial charge in [0.1, 0.15) is 0 Å². The van der Waals surface area contributed by atoms with Crippen LogP contribution in [0.1, 0.15) is 38.1 Å². The molecule has 0 saturated heterocycles. The summed E-state index contributed by atoms with van der Waals surface area (Å²) in [6.45, 7) is 9.50. The molecule has 1 aromatic rings. The van der Waals surface area contributed by atoms with Gasteiger partial charge in [0.25, 0.3) is 0 Å². The highest BCUT2D eigenvalue weighted by Gasteiger charge is 2.09. The second kappa shape index (κ2) is 7.03. The van der Waals surface area contributed by atoms with Crippen LogP contribution in [0.5, 0.6) is 0 Å². The largest absolute Gasteiger partial charge is 0.338 e. The van der Waals surface area contributed by atoms with Gasteiger partial charge in [0, 0.05) is 18.3 Å². The third kappa shape index (κ3) is 4.77. The number of aryl methyl sites for hydroxylation is 2. The summed E-state index contributed by atoms with van der Waals surface area (Å²) in [4.78, 5) is 11.6. The summed E-state index contributed by atoms with van der Waals surface area (Å²) in [6.07, 6.45) is 2.10. The fourth-order valence-corrected chi connectivity index (χ4v) is 1.82. The lowest BCUT2D eigenvalue weighted by Crippen LogP contribution is -2.43. The van der Waals surface area contributed by atoms with E-state index in [0.29, 0.717) is 6.54 Å². The van der Waals surface area contributed by atoms with E-state index in [1.165, 1.54) is 0 Å². The van der Waals surface area contributed by atoms with Crippen LogP contribution in [0.4, 0.5) is 4.79 Å². The maximum atomic E-state index is 11.6. The lowest BCUT2D eigenvalue weighted by atomic mass is 10.3. The van der Waals surface area contributed by atoms with Crippen molar-refractivity contribution in [3.8, 4) is 0 Å². The number of hydrogen-bond donors (Lipinski definition) is 2. The van der Waals surface area contributed by atoms with Crippen LogP contribution in [0.2, 0.25) is 0 Å². The molecule has 1 unspecified atom stereocenters. The van der Waals surface area contributed by atoms with Crippen LogP contribution < -0.4 is 10.6 Å². The monoisotopic (exact) mass is 252 g/mol. The standard InChI is InChI=1S/C13H24N4O/c1-5-6-7-14-13(18)15-11(3)9-17-12(4)8-10(2)16-17/h8,11H,5-7,9H2,1-4H3,(H2,14,15,18). The summed E-state index contributed by atoms with van der Waals surface area (Å²) in [6, 6.07) is 2.00. The Morgan fingerprint density at radius 2 is 2.22 bits per heavy atom. The van der Waals surface area contributed by atoms with Gasteiger partial charge in [-0.2, -0.15) is 5.10 Å². The van der Waals surface area contributed by atoms with Gasteiger partial charge in [0.05, 0.1) is 12.2 Å². The van der Waals surface area contributed by atoms with Gasteiger partial charge in [-0.1, -0.05) is 13.3 Å². The Kier molecular flexibility index (Phi) is 5.68. The fourth-order valence-electron chi connectivity index (χ4n) is 1.82. The van der Waals surface area contributed by atoms with Gasteiger partial charge in [0.15, 0.2) is 0 Å². The summed E-state index contributed by atoms with van der Waals surface area (Å²) in [5.74, 6) is 0. The molecular weight excluding hydrogens is 228 g/mol. The summed E-state index contributed by atoms with van der Waals surface area (Å²) in [7, 11) is 0. The Hall–Kier alpha value is -1.52. The lowest BCUT2D eigenvalue weighted by molar-refractivity contribution is 0.236. The van der Waals surface area contributed by atoms with Gasteiger partial charge in [-0.05, 0) is 33.3 Å². The third-order valence-electron chi connectivity index (χ3n) is 2.74. The van der Waals surface area contributed by atoms with E-state index in [1.807, 2.05) is 31.5 Å². The SMILES string of the molecule is CCCCNC(=O)NC(C)Cn1nc(C)cc1C. The molecule has 102 valence electrons. The Labute approximate surface area is 109 Å². The quantitative estimate of drug-likeness (QED) is 0.761. The van der Waals surface area contributed by atoms with Crippen LogP contribution in [-0.4, -0.2) is 28.4 Å². The Balaban J connectivity index is 2.35. The van der Waals surface area contributed by atoms with E-state index in [1.54, 1.807) is 0 Å². The number of carbonyl (C=O) groups is 1. The van der Waals surface area contributed by atoms with Crippen LogP contribution in [0.3, 0.4) is 0 Å². The van der Waals surface area contributed by atoms with E-state index in [-0.39, 0.29) is 12.1 Å². The zero-order valence-electron chi connectivity index (χ0n) is 11.8. The molecule has 0 bridgehead atoms. The number of unbranched alkanes of at least 4 members (excludes halogenated alkanes) is 1. The number of amides is 2. The van der Waals surface area contributed by atoms with E-state index in [2.05, 4.69) is 22.7 Å². The number of urea groups is 1. The average molecular weight is 252 g/mol. The van der Waals surface area contributed by atoms with Crippen molar-refractivity contribution < 1.29 is 4.79 Å². The first-order valence-electron chi connectivity index (χ1n) is 6.58. The van der Waals surface area contributed by atoms with Gasteiger partial charge in [0.2, 0.25) is 0 Å². The van der Waals surface area contributed by atoms with Crippen molar-refractivity contribution in [1.29, 1.82) is 0 Å². The van der Waals surface area contributed by atoms with E-state index >= 15 is 0 Å². The van der Waals surface area contributed by atoms with E-state index in [9.17, 15) is 4.79 Å². The summed E-state index contributed by atoms with van der Waals surface area (Å²) < 4.78 is 1.92. The number of hydrogen-bond acceptors (Lipinski definition) is 2. The molecule has 0 aliphatic rings. The second-order valence-electron chi connectivity index (χ2n) is 4.76. The molecule has 0 saturated carbocycles. The molecule has 2 amide bonds. The average Bonchev–Trinajstić information content (AvgIpc) is 2.57. The van der Waals surface area contributed by atoms with Crippen LogP contribution in [0.25, 0.3) is 0 Å². The molecule has 0 aliphatic carbocycles. The number of carbonyl (C=O) groups excluding carboxylic acids is 1. The van der Waals surface area contributed by atoms with Crippen molar-refractivity contribution in [2.24, 2.45) is 0 Å². The molecule has 1 rings (SSSR count). The minimum Gasteiger partial charge on any atom is -0.338 e. The molecule has 1 heterocycles. The fraction of sp³-hybridized carbons (Fsp3) is 0.692. The number of nitrogens with one attached hydrogen (secondary N) is 2. The molecule has 1 aromatic heterocycles. The van der Waals surface area contributed by atoms with Crippen LogP contribution in [0.15, 0.2) is 6.07 Å². The van der Waals surface area contributed by atoms with Crippen LogP contribution >= 0.6 is 0 Å². The maximum absolute atomic E-state index is 11.6. The topological polar surface area (TPSA) is 59.0 Å². The van der Waals surface area contributed by atoms with Gasteiger partial charge < -0.3 is 10.6 Å². The molecule has 5 heteroatoms. The molecule has 18 heavy (non-hydrogen) atoms. The molecule has 5 nitrogen and oxygen atoms in total. The molecule has 0 aromatic carbocycles. The first-order valence-corrected chi connectivity index (χ1v) is 6.58. The first kappa shape index (κ1) is 14.5. The highest BCUT2D eigenvalue weighted by Crippen LogP contribution is 2.02. The zero-order valence-corrected chi connectivity index (χ0v) is 11.8. The minimum absolute atomic E-state index is 0.0598. The third-order valence-corrected chi connectivity index (χ3v) is 2.74. The van der Waals surface area contributed by atoms with Crippen molar-refractivity contribution in [2.45, 2.75) is 53.1 Å². The highest BCUT2D eigenvalue weighted by atomic mass is 16.2. The van der Waals surface area contributed by atoms with Crippen molar-refractivity contribution in [2.75, 3.05) is 6.54 Å². The Morgan fingerprint density at radius 1 is 1.50 bits per heavy atom. The van der Waals surface area contributed by atoms with Gasteiger partial charge in [-0.15, -0.1) is 0 Å². The molecule has 0 fully saturated rings. The van der Waals surface area contributed by atoms with E-state index < -0.39 is 0 Å². The van der Waals surface area contributed by atoms with Gasteiger partial charge >= 0.3 is 6.03 Å². The van der Waals surface area contributed by atoms with E-state index in [0.717, 1.165) is 30.8 Å². The summed E-state index contributed by atoms with van der Waals surface area (Å²) in [5, 5.41) is 10.1. The molecule has 2 N–H and O–H groups in total. The predicted octanol–water partition coefficient (Wildman–Crippen LogP) is 1.99. The molecule has 0 spiro atoms. The highest BCUT2D eigenvalue weighted by molar-refractivity contribution is 5.74. The Bertz CT molecular complexity index is 386. The van der Waals surface area contributed by atoms with Crippen molar-refractivity contribution in [1.82, 2.24) is 20.4 Å². The predicted molar refractivity (Wildman–Crippen MR) is 72.6 cm³/mol. The smallest absolute Gasteiger partial charge is 0.315 e. The first-order chi connectivity index (χ1) is 8.52. The van der Waals surface area contributed by atoms with E-state index in [4.69, 9.17) is 0 Å². The Morgan fingerprint density at radius 3 is 2.78 bits per heavy atom. The number of rotatable bonds is 6. The number of aromatic nitrogens is 2. The van der Waals surface area contributed by atoms with Crippen LogP contribution in [0, 0.1) is 13.8 Å². The molecule has 1 atom stereocenters. The molecule has 0 aliphatic heterocycles. The minimum atomic E-state index is -0.0996. The lowest BCUT2D eigenvalue weighted by Gasteiger charge is -2.15. The molecule has 0 radical (unpaired) electrons. The van der Waals surface area contributed by atoms with Gasteiger partial charge in [-0.3, -0.25) is 4.68 Å². The second-order valence-corrected chi connectivity index (χ2v) is 4.76.